The molecular formula is C73H134O6. The maximum absolute atomic E-state index is 13.0. The SMILES string of the molecule is CCCCC/C=C\C/C=C\C/C=C\C/C=C\CCCCCC(=O)OC[C@H](COC(=O)CCCCCCCCCCCCCCCCCCCCCCC)OC(=O)CCCCCCCCCCCCCCCCCCCCCCC. The van der Waals surface area contributed by atoms with Crippen molar-refractivity contribution in [2.24, 2.45) is 0 Å². The maximum atomic E-state index is 13.0. The number of hydrogen-bond acceptors (Lipinski definition) is 6. The van der Waals surface area contributed by atoms with Crippen molar-refractivity contribution in [3.63, 3.8) is 0 Å². The molecule has 0 amide bonds. The van der Waals surface area contributed by atoms with Crippen LogP contribution in [0.15, 0.2) is 48.6 Å². The van der Waals surface area contributed by atoms with Crippen LogP contribution < -0.4 is 0 Å². The van der Waals surface area contributed by atoms with E-state index in [4.69, 9.17) is 14.2 Å². The number of allylic oxidation sites excluding steroid dienone is 8. The molecule has 0 aliphatic rings. The van der Waals surface area contributed by atoms with Crippen molar-refractivity contribution in [1.29, 1.82) is 0 Å². The van der Waals surface area contributed by atoms with E-state index in [1.54, 1.807) is 0 Å². The van der Waals surface area contributed by atoms with Crippen LogP contribution >= 0.6 is 0 Å². The second kappa shape index (κ2) is 67.9. The van der Waals surface area contributed by atoms with Gasteiger partial charge in [-0.25, -0.2) is 0 Å². The van der Waals surface area contributed by atoms with Gasteiger partial charge in [0.15, 0.2) is 6.10 Å². The summed E-state index contributed by atoms with van der Waals surface area (Å²) in [5.74, 6) is -0.881. The molecule has 0 aromatic heterocycles. The van der Waals surface area contributed by atoms with Crippen LogP contribution in [0.5, 0.6) is 0 Å². The Bertz CT molecular complexity index is 1360. The highest BCUT2D eigenvalue weighted by Crippen LogP contribution is 2.18. The zero-order valence-corrected chi connectivity index (χ0v) is 53.2. The first-order chi connectivity index (χ1) is 39.0. The minimum atomic E-state index is -0.785. The van der Waals surface area contributed by atoms with Crippen molar-refractivity contribution in [1.82, 2.24) is 0 Å². The van der Waals surface area contributed by atoms with E-state index >= 15 is 0 Å². The number of carbonyl (C=O) groups excluding carboxylic acids is 3. The van der Waals surface area contributed by atoms with Crippen LogP contribution in [0.2, 0.25) is 0 Å². The fourth-order valence-electron chi connectivity index (χ4n) is 10.5. The molecule has 0 rings (SSSR count). The Labute approximate surface area is 492 Å². The van der Waals surface area contributed by atoms with Crippen molar-refractivity contribution in [2.75, 3.05) is 13.2 Å². The summed E-state index contributed by atoms with van der Waals surface area (Å²) < 4.78 is 17.0. The molecule has 0 radical (unpaired) electrons. The lowest BCUT2D eigenvalue weighted by Gasteiger charge is -2.18. The molecule has 0 bridgehead atoms. The van der Waals surface area contributed by atoms with E-state index in [-0.39, 0.29) is 31.1 Å². The summed E-state index contributed by atoms with van der Waals surface area (Å²) in [6.45, 7) is 6.66. The fraction of sp³-hybridized carbons (Fsp3) is 0.849. The van der Waals surface area contributed by atoms with Gasteiger partial charge in [-0.05, 0) is 64.2 Å². The van der Waals surface area contributed by atoms with Crippen LogP contribution in [0.3, 0.4) is 0 Å². The third kappa shape index (κ3) is 66.1. The lowest BCUT2D eigenvalue weighted by atomic mass is 10.0. The highest BCUT2D eigenvalue weighted by molar-refractivity contribution is 5.71. The number of esters is 3. The monoisotopic (exact) mass is 1110 g/mol. The van der Waals surface area contributed by atoms with Crippen molar-refractivity contribution < 1.29 is 28.6 Å². The van der Waals surface area contributed by atoms with Crippen LogP contribution in [-0.2, 0) is 28.6 Å². The molecule has 0 aliphatic heterocycles. The molecule has 0 aliphatic carbocycles. The van der Waals surface area contributed by atoms with E-state index in [2.05, 4.69) is 69.4 Å². The molecule has 79 heavy (non-hydrogen) atoms. The van der Waals surface area contributed by atoms with Crippen LogP contribution in [0, 0.1) is 0 Å². The molecule has 0 spiro atoms. The van der Waals surface area contributed by atoms with Gasteiger partial charge in [0.25, 0.3) is 0 Å². The molecular weight excluding hydrogens is 973 g/mol. The lowest BCUT2D eigenvalue weighted by molar-refractivity contribution is -0.167. The summed E-state index contributed by atoms with van der Waals surface area (Å²) in [4.78, 5) is 38.5. The van der Waals surface area contributed by atoms with Gasteiger partial charge in [-0.1, -0.05) is 345 Å². The Morgan fingerprint density at radius 2 is 0.456 bits per heavy atom. The number of hydrogen-bond donors (Lipinski definition) is 0. The lowest BCUT2D eigenvalue weighted by Crippen LogP contribution is -2.30. The highest BCUT2D eigenvalue weighted by Gasteiger charge is 2.19. The largest absolute Gasteiger partial charge is 0.462 e. The zero-order valence-electron chi connectivity index (χ0n) is 53.2. The molecule has 0 unspecified atom stereocenters. The van der Waals surface area contributed by atoms with Crippen LogP contribution in [0.1, 0.15) is 380 Å². The highest BCUT2D eigenvalue weighted by atomic mass is 16.6. The van der Waals surface area contributed by atoms with E-state index in [0.29, 0.717) is 19.3 Å². The average Bonchev–Trinajstić information content (AvgIpc) is 3.45. The van der Waals surface area contributed by atoms with Gasteiger partial charge in [0.1, 0.15) is 13.2 Å². The normalized spacial score (nSPS) is 12.3. The van der Waals surface area contributed by atoms with Gasteiger partial charge in [0.05, 0.1) is 0 Å². The minimum absolute atomic E-state index is 0.0779. The first-order valence-corrected chi connectivity index (χ1v) is 35.1. The average molecular weight is 1110 g/mol. The molecule has 0 saturated carbocycles. The third-order valence-corrected chi connectivity index (χ3v) is 15.8. The summed E-state index contributed by atoms with van der Waals surface area (Å²) in [5.41, 5.74) is 0. The molecule has 0 N–H and O–H groups in total. The smallest absolute Gasteiger partial charge is 0.306 e. The predicted octanol–water partition coefficient (Wildman–Crippen LogP) is 24.1. The standard InChI is InChI=1S/C73H134O6/c1-4-7-10-13-16-19-22-25-28-31-34-36-39-42-45-48-51-54-57-60-63-66-72(75)78-69-70(68-77-71(74)65-62-59-56-53-50-47-44-41-38-33-30-27-24-21-18-15-12-9-6-3)79-73(76)67-64-61-58-55-52-49-46-43-40-37-35-32-29-26-23-20-17-14-11-8-5-2/h18,21,27,30,38,41,47,50,70H,4-17,19-20,22-26,28-29,31-37,39-40,42-46,48-49,51-69H2,1-3H3/b21-18-,30-27-,41-38-,50-47-/t70-/m1/s1. The predicted molar refractivity (Wildman–Crippen MR) is 344 cm³/mol. The van der Waals surface area contributed by atoms with Crippen molar-refractivity contribution >= 4 is 17.9 Å². The molecule has 0 aromatic carbocycles. The topological polar surface area (TPSA) is 78.9 Å². The summed E-state index contributed by atoms with van der Waals surface area (Å²) in [6.07, 6.45) is 85.6. The Morgan fingerprint density at radius 3 is 0.734 bits per heavy atom. The van der Waals surface area contributed by atoms with Gasteiger partial charge in [-0.3, -0.25) is 14.4 Å². The number of carbonyl (C=O) groups is 3. The molecule has 0 fully saturated rings. The number of ether oxygens (including phenoxy) is 3. The zero-order chi connectivity index (χ0) is 57.1. The molecule has 6 nitrogen and oxygen atoms in total. The first-order valence-electron chi connectivity index (χ1n) is 35.1. The summed E-state index contributed by atoms with van der Waals surface area (Å²) in [7, 11) is 0. The molecule has 0 saturated heterocycles. The second-order valence-electron chi connectivity index (χ2n) is 23.8. The molecule has 0 aromatic rings. The minimum Gasteiger partial charge on any atom is -0.462 e. The van der Waals surface area contributed by atoms with Gasteiger partial charge in [-0.2, -0.15) is 0 Å². The Hall–Kier alpha value is -2.63. The van der Waals surface area contributed by atoms with Gasteiger partial charge in [0.2, 0.25) is 0 Å². The van der Waals surface area contributed by atoms with Crippen LogP contribution in [0.25, 0.3) is 0 Å². The van der Waals surface area contributed by atoms with Crippen molar-refractivity contribution in [3.05, 3.63) is 48.6 Å². The van der Waals surface area contributed by atoms with Gasteiger partial charge in [-0.15, -0.1) is 0 Å². The maximum Gasteiger partial charge on any atom is 0.306 e. The Balaban J connectivity index is 4.36. The molecule has 462 valence electrons. The Kier molecular flexibility index (Phi) is 65.6. The molecule has 1 atom stereocenters. The van der Waals surface area contributed by atoms with Crippen molar-refractivity contribution in [3.8, 4) is 0 Å². The number of rotatable bonds is 65. The van der Waals surface area contributed by atoms with E-state index in [9.17, 15) is 14.4 Å². The molecule has 6 heteroatoms. The van der Waals surface area contributed by atoms with Gasteiger partial charge >= 0.3 is 17.9 Å². The third-order valence-electron chi connectivity index (χ3n) is 15.8. The van der Waals surface area contributed by atoms with E-state index < -0.39 is 6.10 Å². The fourth-order valence-corrected chi connectivity index (χ4v) is 10.5. The van der Waals surface area contributed by atoms with Crippen molar-refractivity contribution in [2.45, 2.75) is 386 Å². The summed E-state index contributed by atoms with van der Waals surface area (Å²) in [5, 5.41) is 0. The first kappa shape index (κ1) is 76.4. The molecule has 0 heterocycles. The summed E-state index contributed by atoms with van der Waals surface area (Å²) >= 11 is 0. The number of unbranched alkanes of at least 4 members (excludes halogenated alkanes) is 46. The van der Waals surface area contributed by atoms with E-state index in [1.165, 1.54) is 257 Å². The summed E-state index contributed by atoms with van der Waals surface area (Å²) in [6, 6.07) is 0. The second-order valence-corrected chi connectivity index (χ2v) is 23.8. The van der Waals surface area contributed by atoms with Crippen LogP contribution in [-0.4, -0.2) is 37.2 Å². The van der Waals surface area contributed by atoms with E-state index in [1.807, 2.05) is 0 Å². The quantitative estimate of drug-likeness (QED) is 0.0261. The Morgan fingerprint density at radius 1 is 0.253 bits per heavy atom. The van der Waals surface area contributed by atoms with Gasteiger partial charge < -0.3 is 14.2 Å². The van der Waals surface area contributed by atoms with Crippen LogP contribution in [0.4, 0.5) is 0 Å². The van der Waals surface area contributed by atoms with E-state index in [0.717, 1.165) is 83.5 Å². The van der Waals surface area contributed by atoms with Gasteiger partial charge in [0, 0.05) is 19.3 Å².